The molecule has 3 rings (SSSR count). The first-order valence-electron chi connectivity index (χ1n) is 8.74. The summed E-state index contributed by atoms with van der Waals surface area (Å²) in [4.78, 5) is 19.9. The Hall–Kier alpha value is -1.23. The van der Waals surface area contributed by atoms with E-state index in [-0.39, 0.29) is 5.91 Å². The van der Waals surface area contributed by atoms with E-state index >= 15 is 0 Å². The number of carbonyl (C=O) groups excluding carboxylic acids is 1. The molecule has 2 heterocycles. The Morgan fingerprint density at radius 1 is 1.19 bits per heavy atom. The van der Waals surface area contributed by atoms with Gasteiger partial charge in [-0.15, -0.1) is 11.8 Å². The molecular weight excluding hydrogens is 387 g/mol. The SMILES string of the molecule is CC1CC(C)CN(C(=O)c2cncc(CSc3c(Cl)cccc3Cl)c2)C1. The van der Waals surface area contributed by atoms with Gasteiger partial charge in [-0.05, 0) is 42.0 Å². The van der Waals surface area contributed by atoms with Crippen LogP contribution in [0.15, 0.2) is 41.6 Å². The Morgan fingerprint density at radius 3 is 2.50 bits per heavy atom. The van der Waals surface area contributed by atoms with E-state index < -0.39 is 0 Å². The van der Waals surface area contributed by atoms with Gasteiger partial charge < -0.3 is 4.90 Å². The maximum atomic E-state index is 12.9. The zero-order valence-electron chi connectivity index (χ0n) is 14.9. The van der Waals surface area contributed by atoms with Crippen molar-refractivity contribution < 1.29 is 4.79 Å². The molecular formula is C20H22Cl2N2OS. The summed E-state index contributed by atoms with van der Waals surface area (Å²) in [7, 11) is 0. The van der Waals surface area contributed by atoms with Crippen molar-refractivity contribution >= 4 is 40.9 Å². The molecule has 2 unspecified atom stereocenters. The minimum Gasteiger partial charge on any atom is -0.338 e. The van der Waals surface area contributed by atoms with Crippen LogP contribution >= 0.6 is 35.0 Å². The summed E-state index contributed by atoms with van der Waals surface area (Å²) < 4.78 is 0. The van der Waals surface area contributed by atoms with Crippen LogP contribution in [0.1, 0.15) is 36.2 Å². The number of amides is 1. The fourth-order valence-electron chi connectivity index (χ4n) is 3.47. The van der Waals surface area contributed by atoms with Gasteiger partial charge in [0.1, 0.15) is 0 Å². The first-order chi connectivity index (χ1) is 12.4. The number of nitrogens with zero attached hydrogens (tertiary/aromatic N) is 2. The Balaban J connectivity index is 1.71. The fourth-order valence-corrected chi connectivity index (χ4v) is 5.08. The van der Waals surface area contributed by atoms with Gasteiger partial charge in [-0.25, -0.2) is 0 Å². The quantitative estimate of drug-likeness (QED) is 0.599. The van der Waals surface area contributed by atoms with Gasteiger partial charge in [-0.3, -0.25) is 9.78 Å². The molecule has 2 aromatic rings. The number of hydrogen-bond acceptors (Lipinski definition) is 3. The highest BCUT2D eigenvalue weighted by Crippen LogP contribution is 2.35. The number of pyridine rings is 1. The van der Waals surface area contributed by atoms with Crippen LogP contribution < -0.4 is 0 Å². The molecule has 138 valence electrons. The van der Waals surface area contributed by atoms with Gasteiger partial charge in [0.05, 0.1) is 15.6 Å². The molecule has 2 atom stereocenters. The predicted octanol–water partition coefficient (Wildman–Crippen LogP) is 5.80. The number of halogens is 2. The standard InChI is InChI=1S/C20H22Cl2N2OS/c1-13-6-14(2)11-24(10-13)20(25)16-7-15(8-23-9-16)12-26-19-17(21)4-3-5-18(19)22/h3-5,7-9,13-14H,6,10-12H2,1-2H3. The highest BCUT2D eigenvalue weighted by atomic mass is 35.5. The Labute approximate surface area is 169 Å². The topological polar surface area (TPSA) is 33.2 Å². The van der Waals surface area contributed by atoms with Gasteiger partial charge in [0.25, 0.3) is 5.91 Å². The number of likely N-dealkylation sites (tertiary alicyclic amines) is 1. The van der Waals surface area contributed by atoms with E-state index in [4.69, 9.17) is 23.2 Å². The molecule has 6 heteroatoms. The minimum absolute atomic E-state index is 0.0681. The largest absolute Gasteiger partial charge is 0.338 e. The third kappa shape index (κ3) is 4.73. The Bertz CT molecular complexity index is 769. The van der Waals surface area contributed by atoms with Crippen LogP contribution in [0.25, 0.3) is 0 Å². The molecule has 26 heavy (non-hydrogen) atoms. The zero-order valence-corrected chi connectivity index (χ0v) is 17.2. The average Bonchev–Trinajstić information content (AvgIpc) is 2.60. The number of rotatable bonds is 4. The van der Waals surface area contributed by atoms with Gasteiger partial charge in [0.2, 0.25) is 0 Å². The van der Waals surface area contributed by atoms with Crippen molar-refractivity contribution in [1.82, 2.24) is 9.88 Å². The van der Waals surface area contributed by atoms with Crippen molar-refractivity contribution in [2.75, 3.05) is 13.1 Å². The normalized spacial score (nSPS) is 20.2. The van der Waals surface area contributed by atoms with Crippen molar-refractivity contribution in [3.05, 3.63) is 57.8 Å². The zero-order chi connectivity index (χ0) is 18.7. The van der Waals surface area contributed by atoms with Crippen molar-refractivity contribution in [2.45, 2.75) is 30.9 Å². The monoisotopic (exact) mass is 408 g/mol. The maximum absolute atomic E-state index is 12.9. The summed E-state index contributed by atoms with van der Waals surface area (Å²) >= 11 is 14.0. The summed E-state index contributed by atoms with van der Waals surface area (Å²) in [6, 6.07) is 7.41. The summed E-state index contributed by atoms with van der Waals surface area (Å²) in [5, 5.41) is 1.28. The maximum Gasteiger partial charge on any atom is 0.255 e. The smallest absolute Gasteiger partial charge is 0.255 e. The number of aromatic nitrogens is 1. The van der Waals surface area contributed by atoms with Crippen molar-refractivity contribution in [3.8, 4) is 0 Å². The number of piperidine rings is 1. The highest BCUT2D eigenvalue weighted by molar-refractivity contribution is 7.98. The van der Waals surface area contributed by atoms with E-state index in [9.17, 15) is 4.79 Å². The van der Waals surface area contributed by atoms with E-state index in [1.54, 1.807) is 24.2 Å². The molecule has 0 radical (unpaired) electrons. The number of hydrogen-bond donors (Lipinski definition) is 0. The number of thioether (sulfide) groups is 1. The van der Waals surface area contributed by atoms with E-state index in [2.05, 4.69) is 18.8 Å². The molecule has 1 aromatic carbocycles. The van der Waals surface area contributed by atoms with Crippen molar-refractivity contribution in [1.29, 1.82) is 0 Å². The molecule has 1 aliphatic heterocycles. The van der Waals surface area contributed by atoms with Crippen LogP contribution in [0.3, 0.4) is 0 Å². The van der Waals surface area contributed by atoms with Crippen molar-refractivity contribution in [2.24, 2.45) is 11.8 Å². The summed E-state index contributed by atoms with van der Waals surface area (Å²) in [5.41, 5.74) is 1.63. The number of carbonyl (C=O) groups is 1. The van der Waals surface area contributed by atoms with E-state index in [1.807, 2.05) is 29.2 Å². The van der Waals surface area contributed by atoms with Crippen LogP contribution in [-0.4, -0.2) is 28.9 Å². The van der Waals surface area contributed by atoms with Crippen LogP contribution in [0.5, 0.6) is 0 Å². The fraction of sp³-hybridized carbons (Fsp3) is 0.400. The Morgan fingerprint density at radius 2 is 1.85 bits per heavy atom. The Kier molecular flexibility index (Phi) is 6.49. The molecule has 1 fully saturated rings. The van der Waals surface area contributed by atoms with E-state index in [0.29, 0.717) is 33.2 Å². The lowest BCUT2D eigenvalue weighted by molar-refractivity contribution is 0.0622. The highest BCUT2D eigenvalue weighted by Gasteiger charge is 2.26. The van der Waals surface area contributed by atoms with Gasteiger partial charge in [0, 0.05) is 36.1 Å². The molecule has 0 saturated carbocycles. The molecule has 1 saturated heterocycles. The summed E-state index contributed by atoms with van der Waals surface area (Å²) in [6.45, 7) is 6.04. The lowest BCUT2D eigenvalue weighted by Crippen LogP contribution is -2.42. The van der Waals surface area contributed by atoms with Gasteiger partial charge in [0.15, 0.2) is 0 Å². The molecule has 3 nitrogen and oxygen atoms in total. The van der Waals surface area contributed by atoms with E-state index in [1.165, 1.54) is 6.42 Å². The second kappa shape index (κ2) is 8.64. The van der Waals surface area contributed by atoms with Crippen LogP contribution in [0.2, 0.25) is 10.0 Å². The molecule has 0 bridgehead atoms. The first kappa shape index (κ1) is 19.5. The first-order valence-corrected chi connectivity index (χ1v) is 10.5. The molecule has 1 aromatic heterocycles. The van der Waals surface area contributed by atoms with Crippen molar-refractivity contribution in [3.63, 3.8) is 0 Å². The van der Waals surface area contributed by atoms with Crippen LogP contribution in [0, 0.1) is 11.8 Å². The predicted molar refractivity (Wildman–Crippen MR) is 109 cm³/mol. The summed E-state index contributed by atoms with van der Waals surface area (Å²) in [6.07, 6.45) is 4.62. The third-order valence-electron chi connectivity index (χ3n) is 4.50. The third-order valence-corrected chi connectivity index (χ3v) is 6.56. The second-order valence-corrected chi connectivity index (χ2v) is 8.88. The minimum atomic E-state index is 0.0681. The summed E-state index contributed by atoms with van der Waals surface area (Å²) in [5.74, 6) is 1.80. The molecule has 0 spiro atoms. The van der Waals surface area contributed by atoms with Crippen LogP contribution in [0.4, 0.5) is 0 Å². The van der Waals surface area contributed by atoms with Crippen LogP contribution in [-0.2, 0) is 5.75 Å². The lowest BCUT2D eigenvalue weighted by atomic mass is 9.91. The molecule has 0 aliphatic carbocycles. The average molecular weight is 409 g/mol. The van der Waals surface area contributed by atoms with Gasteiger partial charge in [-0.2, -0.15) is 0 Å². The van der Waals surface area contributed by atoms with E-state index in [0.717, 1.165) is 23.5 Å². The van der Waals surface area contributed by atoms with Gasteiger partial charge >= 0.3 is 0 Å². The number of benzene rings is 1. The molecule has 1 amide bonds. The second-order valence-electron chi connectivity index (χ2n) is 7.08. The lowest BCUT2D eigenvalue weighted by Gasteiger charge is -2.35. The molecule has 1 aliphatic rings. The molecule has 0 N–H and O–H groups in total. The van der Waals surface area contributed by atoms with Gasteiger partial charge in [-0.1, -0.05) is 43.1 Å².